The topological polar surface area (TPSA) is 12.0 Å². The Bertz CT molecular complexity index is 349. The van der Waals surface area contributed by atoms with Crippen LogP contribution in [0.15, 0.2) is 22.7 Å². The summed E-state index contributed by atoms with van der Waals surface area (Å²) in [7, 11) is 0. The molecule has 1 aliphatic rings. The average Bonchev–Trinajstić information content (AvgIpc) is 2.11. The van der Waals surface area contributed by atoms with Crippen LogP contribution in [0.5, 0.6) is 0 Å². The molecule has 1 aromatic rings. The molecular formula is C12H15BrClN. The van der Waals surface area contributed by atoms with Gasteiger partial charge < -0.3 is 5.32 Å². The third-order valence-corrected chi connectivity index (χ3v) is 3.84. The first-order valence-corrected chi connectivity index (χ1v) is 6.55. The first kappa shape index (κ1) is 11.4. The molecule has 1 atom stereocenters. The second-order valence-electron chi connectivity index (χ2n) is 4.18. The Kier molecular flexibility index (Phi) is 3.70. The van der Waals surface area contributed by atoms with E-state index in [4.69, 9.17) is 11.6 Å². The standard InChI is InChI=1S/C12H15BrClN/c1-8(15-10-3-2-4-10)11-6-5-9(13)7-12(11)14/h5-8,10,15H,2-4H2,1H3. The Balaban J connectivity index is 2.06. The smallest absolute Gasteiger partial charge is 0.0464 e. The van der Waals surface area contributed by atoms with Crippen LogP contribution in [0.1, 0.15) is 37.8 Å². The lowest BCUT2D eigenvalue weighted by atomic mass is 9.92. The summed E-state index contributed by atoms with van der Waals surface area (Å²) in [4.78, 5) is 0. The first-order valence-electron chi connectivity index (χ1n) is 5.38. The summed E-state index contributed by atoms with van der Waals surface area (Å²) >= 11 is 9.62. The molecule has 1 N–H and O–H groups in total. The monoisotopic (exact) mass is 287 g/mol. The predicted molar refractivity (Wildman–Crippen MR) is 68.3 cm³/mol. The van der Waals surface area contributed by atoms with Crippen molar-refractivity contribution in [2.45, 2.75) is 38.3 Å². The minimum Gasteiger partial charge on any atom is -0.307 e. The van der Waals surface area contributed by atoms with Crippen LogP contribution in [-0.2, 0) is 0 Å². The van der Waals surface area contributed by atoms with Crippen LogP contribution < -0.4 is 5.32 Å². The molecule has 1 unspecified atom stereocenters. The summed E-state index contributed by atoms with van der Waals surface area (Å²) in [5.74, 6) is 0. The van der Waals surface area contributed by atoms with Gasteiger partial charge in [-0.25, -0.2) is 0 Å². The fourth-order valence-corrected chi connectivity index (χ4v) is 2.71. The van der Waals surface area contributed by atoms with Crippen LogP contribution in [0, 0.1) is 0 Å². The van der Waals surface area contributed by atoms with Crippen LogP contribution in [0.4, 0.5) is 0 Å². The van der Waals surface area contributed by atoms with Gasteiger partial charge in [-0.1, -0.05) is 40.0 Å². The van der Waals surface area contributed by atoms with E-state index in [1.807, 2.05) is 12.1 Å². The van der Waals surface area contributed by atoms with Gasteiger partial charge in [0, 0.05) is 21.6 Å². The molecule has 0 amide bonds. The molecule has 0 bridgehead atoms. The maximum absolute atomic E-state index is 6.20. The molecule has 0 aliphatic heterocycles. The van der Waals surface area contributed by atoms with Crippen molar-refractivity contribution in [2.75, 3.05) is 0 Å². The quantitative estimate of drug-likeness (QED) is 0.874. The van der Waals surface area contributed by atoms with Gasteiger partial charge in [-0.2, -0.15) is 0 Å². The second-order valence-corrected chi connectivity index (χ2v) is 5.50. The van der Waals surface area contributed by atoms with E-state index in [1.54, 1.807) is 0 Å². The number of rotatable bonds is 3. The van der Waals surface area contributed by atoms with E-state index in [1.165, 1.54) is 24.8 Å². The summed E-state index contributed by atoms with van der Waals surface area (Å²) < 4.78 is 1.03. The highest BCUT2D eigenvalue weighted by atomic mass is 79.9. The molecule has 82 valence electrons. The molecule has 1 nitrogen and oxygen atoms in total. The van der Waals surface area contributed by atoms with Gasteiger partial charge in [0.05, 0.1) is 0 Å². The van der Waals surface area contributed by atoms with Crippen molar-refractivity contribution < 1.29 is 0 Å². The molecule has 15 heavy (non-hydrogen) atoms. The van der Waals surface area contributed by atoms with Crippen LogP contribution in [0.25, 0.3) is 0 Å². The molecule has 0 spiro atoms. The number of benzene rings is 1. The van der Waals surface area contributed by atoms with E-state index >= 15 is 0 Å². The number of nitrogens with one attached hydrogen (secondary N) is 1. The van der Waals surface area contributed by atoms with Gasteiger partial charge in [-0.3, -0.25) is 0 Å². The van der Waals surface area contributed by atoms with Gasteiger partial charge >= 0.3 is 0 Å². The number of hydrogen-bond acceptors (Lipinski definition) is 1. The molecule has 0 radical (unpaired) electrons. The highest BCUT2D eigenvalue weighted by Gasteiger charge is 2.20. The zero-order chi connectivity index (χ0) is 10.8. The van der Waals surface area contributed by atoms with Gasteiger partial charge in [0.15, 0.2) is 0 Å². The summed E-state index contributed by atoms with van der Waals surface area (Å²) in [6, 6.07) is 7.12. The minimum atomic E-state index is 0.343. The lowest BCUT2D eigenvalue weighted by Gasteiger charge is -2.30. The van der Waals surface area contributed by atoms with Gasteiger partial charge in [-0.15, -0.1) is 0 Å². The molecule has 0 saturated heterocycles. The molecule has 1 saturated carbocycles. The normalized spacial score (nSPS) is 18.6. The van der Waals surface area contributed by atoms with Gasteiger partial charge in [-0.05, 0) is 37.5 Å². The Hall–Kier alpha value is -0.0500. The maximum atomic E-state index is 6.20. The van der Waals surface area contributed by atoms with Gasteiger partial charge in [0.1, 0.15) is 0 Å². The lowest BCUT2D eigenvalue weighted by molar-refractivity contribution is 0.313. The molecule has 0 heterocycles. The maximum Gasteiger partial charge on any atom is 0.0464 e. The predicted octanol–water partition coefficient (Wildman–Crippen LogP) is 4.31. The van der Waals surface area contributed by atoms with E-state index in [0.717, 1.165) is 9.50 Å². The lowest BCUT2D eigenvalue weighted by Crippen LogP contribution is -2.36. The largest absolute Gasteiger partial charge is 0.307 e. The Labute approximate surface area is 104 Å². The van der Waals surface area contributed by atoms with Crippen molar-refractivity contribution in [1.29, 1.82) is 0 Å². The molecule has 1 aromatic carbocycles. The van der Waals surface area contributed by atoms with E-state index < -0.39 is 0 Å². The van der Waals surface area contributed by atoms with Crippen LogP contribution in [-0.4, -0.2) is 6.04 Å². The molecular weight excluding hydrogens is 273 g/mol. The third kappa shape index (κ3) is 2.74. The van der Waals surface area contributed by atoms with Gasteiger partial charge in [0.25, 0.3) is 0 Å². The van der Waals surface area contributed by atoms with Crippen LogP contribution in [0.2, 0.25) is 5.02 Å². The average molecular weight is 289 g/mol. The highest BCUT2D eigenvalue weighted by molar-refractivity contribution is 9.10. The second kappa shape index (κ2) is 4.86. The summed E-state index contributed by atoms with van der Waals surface area (Å²) in [5, 5.41) is 4.43. The van der Waals surface area contributed by atoms with Crippen LogP contribution >= 0.6 is 27.5 Å². The molecule has 3 heteroatoms. The minimum absolute atomic E-state index is 0.343. The van der Waals surface area contributed by atoms with Crippen molar-refractivity contribution in [1.82, 2.24) is 5.32 Å². The molecule has 0 aromatic heterocycles. The van der Waals surface area contributed by atoms with Crippen LogP contribution in [0.3, 0.4) is 0 Å². The van der Waals surface area contributed by atoms with E-state index in [9.17, 15) is 0 Å². The van der Waals surface area contributed by atoms with Crippen molar-refractivity contribution in [3.8, 4) is 0 Å². The van der Waals surface area contributed by atoms with Crippen molar-refractivity contribution in [2.24, 2.45) is 0 Å². The van der Waals surface area contributed by atoms with E-state index in [0.29, 0.717) is 12.1 Å². The van der Waals surface area contributed by atoms with Gasteiger partial charge in [0.2, 0.25) is 0 Å². The first-order chi connectivity index (χ1) is 7.16. The zero-order valence-corrected chi connectivity index (χ0v) is 11.1. The Morgan fingerprint density at radius 2 is 2.20 bits per heavy atom. The fraction of sp³-hybridized carbons (Fsp3) is 0.500. The Morgan fingerprint density at radius 1 is 1.47 bits per heavy atom. The van der Waals surface area contributed by atoms with Crippen molar-refractivity contribution in [3.05, 3.63) is 33.3 Å². The Morgan fingerprint density at radius 3 is 2.73 bits per heavy atom. The summed E-state index contributed by atoms with van der Waals surface area (Å²) in [5.41, 5.74) is 1.19. The third-order valence-electron chi connectivity index (χ3n) is 3.02. The van der Waals surface area contributed by atoms with E-state index in [2.05, 4.69) is 34.2 Å². The van der Waals surface area contributed by atoms with E-state index in [-0.39, 0.29) is 0 Å². The number of hydrogen-bond donors (Lipinski definition) is 1. The SMILES string of the molecule is CC(NC1CCC1)c1ccc(Br)cc1Cl. The molecule has 1 fully saturated rings. The fourth-order valence-electron chi connectivity index (χ4n) is 1.87. The molecule has 1 aliphatic carbocycles. The molecule has 2 rings (SSSR count). The summed E-state index contributed by atoms with van der Waals surface area (Å²) in [6.07, 6.45) is 3.97. The number of halogens is 2. The zero-order valence-electron chi connectivity index (χ0n) is 8.76. The van der Waals surface area contributed by atoms with Crippen molar-refractivity contribution >= 4 is 27.5 Å². The van der Waals surface area contributed by atoms with Crippen molar-refractivity contribution in [3.63, 3.8) is 0 Å². The highest BCUT2D eigenvalue weighted by Crippen LogP contribution is 2.28. The summed E-state index contributed by atoms with van der Waals surface area (Å²) in [6.45, 7) is 2.17.